The van der Waals surface area contributed by atoms with Gasteiger partial charge in [0.05, 0.1) is 6.61 Å². The van der Waals surface area contributed by atoms with Crippen LogP contribution in [-0.2, 0) is 9.53 Å². The van der Waals surface area contributed by atoms with Crippen LogP contribution in [-0.4, -0.2) is 71.8 Å². The standard InChI is InChI=1S/C20H25F3N4O3/c1-3-26-12-8-11-15(26)13-27-16(14-9-6-5-7-10-14)24-19(17(27)28,20(21,22)23)25-18(29)30-4-2/h5-7,9-10,15H,3-4,8,11-13H2,1-2H3,(H,25,29). The number of nitrogens with zero attached hydrogens (tertiary/aromatic N) is 3. The van der Waals surface area contributed by atoms with E-state index in [1.54, 1.807) is 35.6 Å². The van der Waals surface area contributed by atoms with Gasteiger partial charge in [0.1, 0.15) is 5.84 Å². The quantitative estimate of drug-likeness (QED) is 0.759. The maximum atomic E-state index is 14.2. The number of nitrogens with one attached hydrogen (secondary N) is 1. The van der Waals surface area contributed by atoms with E-state index in [0.29, 0.717) is 5.56 Å². The molecule has 2 heterocycles. The van der Waals surface area contributed by atoms with Crippen LogP contribution in [0.1, 0.15) is 32.3 Å². The fraction of sp³-hybridized carbons (Fsp3) is 0.550. The SMILES string of the molecule is CCOC(=O)NC1(C(F)(F)F)N=C(c2ccccc2)N(CC2CCCN2CC)C1=O. The lowest BCUT2D eigenvalue weighted by molar-refractivity contribution is -0.197. The molecule has 2 atom stereocenters. The molecule has 164 valence electrons. The monoisotopic (exact) mass is 426 g/mol. The summed E-state index contributed by atoms with van der Waals surface area (Å²) in [6.45, 7) is 4.91. The first kappa shape index (κ1) is 22.1. The van der Waals surface area contributed by atoms with Crippen LogP contribution in [0, 0.1) is 0 Å². The van der Waals surface area contributed by atoms with Crippen molar-refractivity contribution in [1.82, 2.24) is 15.1 Å². The zero-order valence-electron chi connectivity index (χ0n) is 16.9. The normalized spacial score (nSPS) is 24.8. The second-order valence-corrected chi connectivity index (χ2v) is 7.20. The number of alkyl halides is 3. The summed E-state index contributed by atoms with van der Waals surface area (Å²) in [4.78, 5) is 32.0. The molecule has 0 aliphatic carbocycles. The fourth-order valence-corrected chi connectivity index (χ4v) is 3.92. The molecule has 10 heteroatoms. The van der Waals surface area contributed by atoms with Crippen molar-refractivity contribution in [3.8, 4) is 0 Å². The Morgan fingerprint density at radius 2 is 2.00 bits per heavy atom. The zero-order valence-corrected chi connectivity index (χ0v) is 16.9. The summed E-state index contributed by atoms with van der Waals surface area (Å²) in [5.74, 6) is -1.44. The average Bonchev–Trinajstić information content (AvgIpc) is 3.26. The van der Waals surface area contributed by atoms with E-state index in [1.165, 1.54) is 6.92 Å². The van der Waals surface area contributed by atoms with Gasteiger partial charge < -0.3 is 4.74 Å². The predicted molar refractivity (Wildman–Crippen MR) is 104 cm³/mol. The number of amidine groups is 1. The van der Waals surface area contributed by atoms with Crippen molar-refractivity contribution in [2.45, 2.75) is 44.6 Å². The maximum Gasteiger partial charge on any atom is 0.442 e. The third-order valence-electron chi connectivity index (χ3n) is 5.38. The summed E-state index contributed by atoms with van der Waals surface area (Å²) in [7, 11) is 0. The summed E-state index contributed by atoms with van der Waals surface area (Å²) in [5, 5.41) is 1.68. The molecule has 2 aliphatic rings. The van der Waals surface area contributed by atoms with Crippen LogP contribution in [0.2, 0.25) is 0 Å². The number of halogens is 3. The van der Waals surface area contributed by atoms with Gasteiger partial charge in [-0.05, 0) is 32.9 Å². The van der Waals surface area contributed by atoms with E-state index in [1.807, 2.05) is 6.92 Å². The lowest BCUT2D eigenvalue weighted by Gasteiger charge is -2.31. The van der Waals surface area contributed by atoms with Crippen molar-refractivity contribution in [2.24, 2.45) is 4.99 Å². The first-order valence-corrected chi connectivity index (χ1v) is 9.96. The molecule has 0 aromatic heterocycles. The van der Waals surface area contributed by atoms with E-state index in [-0.39, 0.29) is 25.0 Å². The number of aliphatic imine (C=N–C) groups is 1. The molecule has 30 heavy (non-hydrogen) atoms. The molecule has 3 rings (SSSR count). The summed E-state index contributed by atoms with van der Waals surface area (Å²) in [5.41, 5.74) is -3.05. The Balaban J connectivity index is 2.04. The van der Waals surface area contributed by atoms with Crippen molar-refractivity contribution >= 4 is 17.8 Å². The van der Waals surface area contributed by atoms with Crippen molar-refractivity contribution in [1.29, 1.82) is 0 Å². The van der Waals surface area contributed by atoms with Gasteiger partial charge >= 0.3 is 17.9 Å². The highest BCUT2D eigenvalue weighted by molar-refractivity contribution is 6.16. The number of ether oxygens (including phenoxy) is 1. The third kappa shape index (κ3) is 4.00. The van der Waals surface area contributed by atoms with Gasteiger partial charge in [0.25, 0.3) is 5.91 Å². The molecule has 1 fully saturated rings. The largest absolute Gasteiger partial charge is 0.450 e. The van der Waals surface area contributed by atoms with Crippen molar-refractivity contribution in [3.05, 3.63) is 35.9 Å². The van der Waals surface area contributed by atoms with E-state index in [4.69, 9.17) is 0 Å². The fourth-order valence-electron chi connectivity index (χ4n) is 3.92. The molecular formula is C20H25F3N4O3. The van der Waals surface area contributed by atoms with Gasteiger partial charge in [0.2, 0.25) is 0 Å². The summed E-state index contributed by atoms with van der Waals surface area (Å²) in [6.07, 6.45) is -4.82. The predicted octanol–water partition coefficient (Wildman–Crippen LogP) is 2.76. The van der Waals surface area contributed by atoms with Crippen LogP contribution in [0.5, 0.6) is 0 Å². The minimum absolute atomic E-state index is 0.0583. The van der Waals surface area contributed by atoms with E-state index in [0.717, 1.165) is 30.8 Å². The molecule has 2 amide bonds. The minimum Gasteiger partial charge on any atom is -0.450 e. The Morgan fingerprint density at radius 1 is 1.30 bits per heavy atom. The van der Waals surface area contributed by atoms with Crippen molar-refractivity contribution < 1.29 is 27.5 Å². The second-order valence-electron chi connectivity index (χ2n) is 7.20. The maximum absolute atomic E-state index is 14.2. The van der Waals surface area contributed by atoms with Gasteiger partial charge in [-0.15, -0.1) is 0 Å². The number of likely N-dealkylation sites (N-methyl/N-ethyl adjacent to an activating group) is 1. The molecule has 0 bridgehead atoms. The molecule has 1 aromatic rings. The summed E-state index contributed by atoms with van der Waals surface area (Å²) in [6, 6.07) is 8.11. The van der Waals surface area contributed by atoms with Crippen molar-refractivity contribution in [3.63, 3.8) is 0 Å². The number of carbonyl (C=O) groups is 2. The van der Waals surface area contributed by atoms with Crippen LogP contribution in [0.15, 0.2) is 35.3 Å². The first-order valence-electron chi connectivity index (χ1n) is 9.96. The Bertz CT molecular complexity index is 815. The van der Waals surface area contributed by atoms with E-state index in [2.05, 4.69) is 14.6 Å². The Kier molecular flexibility index (Phi) is 6.35. The first-order chi connectivity index (χ1) is 14.2. The van der Waals surface area contributed by atoms with Gasteiger partial charge in [0, 0.05) is 18.2 Å². The van der Waals surface area contributed by atoms with Crippen LogP contribution in [0.3, 0.4) is 0 Å². The van der Waals surface area contributed by atoms with Gasteiger partial charge in [0.15, 0.2) is 0 Å². The van der Waals surface area contributed by atoms with Crippen LogP contribution in [0.4, 0.5) is 18.0 Å². The third-order valence-corrected chi connectivity index (χ3v) is 5.38. The highest BCUT2D eigenvalue weighted by Crippen LogP contribution is 2.39. The molecule has 7 nitrogen and oxygen atoms in total. The zero-order chi connectivity index (χ0) is 21.9. The molecular weight excluding hydrogens is 401 g/mol. The smallest absolute Gasteiger partial charge is 0.442 e. The summed E-state index contributed by atoms with van der Waals surface area (Å²) >= 11 is 0. The molecule has 2 aliphatic heterocycles. The van der Waals surface area contributed by atoms with Crippen LogP contribution >= 0.6 is 0 Å². The highest BCUT2D eigenvalue weighted by Gasteiger charge is 2.67. The van der Waals surface area contributed by atoms with Crippen LogP contribution in [0.25, 0.3) is 0 Å². The summed E-state index contributed by atoms with van der Waals surface area (Å²) < 4.78 is 47.1. The van der Waals surface area contributed by atoms with Crippen molar-refractivity contribution in [2.75, 3.05) is 26.2 Å². The Labute approximate surface area is 172 Å². The van der Waals surface area contributed by atoms with E-state index < -0.39 is 23.8 Å². The molecule has 0 saturated carbocycles. The van der Waals surface area contributed by atoms with E-state index >= 15 is 0 Å². The van der Waals surface area contributed by atoms with Gasteiger partial charge in [-0.3, -0.25) is 19.9 Å². The number of alkyl carbamates (subject to hydrolysis) is 1. The van der Waals surface area contributed by atoms with E-state index in [9.17, 15) is 22.8 Å². The number of hydrogen-bond donors (Lipinski definition) is 1. The van der Waals surface area contributed by atoms with Gasteiger partial charge in [-0.1, -0.05) is 37.3 Å². The van der Waals surface area contributed by atoms with Gasteiger partial charge in [-0.2, -0.15) is 13.2 Å². The lowest BCUT2D eigenvalue weighted by atomic mass is 10.1. The molecule has 1 N–H and O–H groups in total. The number of hydrogen-bond acceptors (Lipinski definition) is 5. The number of rotatable bonds is 6. The number of likely N-dealkylation sites (tertiary alicyclic amines) is 1. The van der Waals surface area contributed by atoms with Crippen LogP contribution < -0.4 is 5.32 Å². The second kappa shape index (κ2) is 8.63. The topological polar surface area (TPSA) is 74.2 Å². The minimum atomic E-state index is -5.15. The lowest BCUT2D eigenvalue weighted by Crippen LogP contribution is -2.64. The average molecular weight is 426 g/mol. The number of amides is 2. The molecule has 0 radical (unpaired) electrons. The molecule has 1 saturated heterocycles. The van der Waals surface area contributed by atoms with Gasteiger partial charge in [-0.25, -0.2) is 9.79 Å². The highest BCUT2D eigenvalue weighted by atomic mass is 19.4. The Hall–Kier alpha value is -2.62. The Morgan fingerprint density at radius 3 is 2.60 bits per heavy atom. The number of benzene rings is 1. The molecule has 1 aromatic carbocycles. The number of carbonyl (C=O) groups excluding carboxylic acids is 2. The molecule has 0 spiro atoms. The molecule has 2 unspecified atom stereocenters.